The summed E-state index contributed by atoms with van der Waals surface area (Å²) in [6, 6.07) is 20.0. The lowest BCUT2D eigenvalue weighted by atomic mass is 9.97. The first-order valence-corrected chi connectivity index (χ1v) is 6.14. The maximum Gasteiger partial charge on any atom is 0.225 e. The molecule has 0 aliphatic rings. The highest BCUT2D eigenvalue weighted by Crippen LogP contribution is 2.23. The summed E-state index contributed by atoms with van der Waals surface area (Å²) in [5.74, 6) is 0. The predicted molar refractivity (Wildman–Crippen MR) is 75.4 cm³/mol. The van der Waals surface area contributed by atoms with Gasteiger partial charge in [0.05, 0.1) is 0 Å². The molecule has 0 heterocycles. The summed E-state index contributed by atoms with van der Waals surface area (Å²) in [6.07, 6.45) is 2.11. The molecule has 2 aromatic rings. The Morgan fingerprint density at radius 2 is 1.33 bits per heavy atom. The summed E-state index contributed by atoms with van der Waals surface area (Å²) in [6.45, 7) is 0. The van der Waals surface area contributed by atoms with Crippen LogP contribution in [0.25, 0.3) is 5.57 Å². The minimum atomic E-state index is -0.348. The molecule has 0 N–H and O–H groups in total. The first-order chi connectivity index (χ1) is 8.77. The Hall–Kier alpha value is -1.86. The average Bonchev–Trinajstić information content (AvgIpc) is 2.41. The monoisotopic (exact) mass is 256 g/mol. The number of rotatable bonds is 4. The molecule has 0 aliphatic heterocycles. The van der Waals surface area contributed by atoms with Crippen molar-refractivity contribution >= 4 is 22.4 Å². The molecule has 2 aromatic carbocycles. The van der Waals surface area contributed by atoms with E-state index in [4.69, 9.17) is 11.6 Å². The van der Waals surface area contributed by atoms with Gasteiger partial charge in [0.25, 0.3) is 0 Å². The molecule has 0 aliphatic carbocycles. The zero-order valence-electron chi connectivity index (χ0n) is 9.84. The van der Waals surface area contributed by atoms with Crippen LogP contribution >= 0.6 is 11.6 Å². The number of carbonyl (C=O) groups excluding carboxylic acids is 1. The fourth-order valence-corrected chi connectivity index (χ4v) is 1.90. The maximum absolute atomic E-state index is 10.9. The van der Waals surface area contributed by atoms with Crippen molar-refractivity contribution in [1.82, 2.24) is 0 Å². The second-order valence-electron chi connectivity index (χ2n) is 3.91. The van der Waals surface area contributed by atoms with Crippen molar-refractivity contribution in [3.05, 3.63) is 77.9 Å². The van der Waals surface area contributed by atoms with Crippen molar-refractivity contribution in [2.45, 2.75) is 6.42 Å². The fraction of sp³-hybridized carbons (Fsp3) is 0.0625. The molecule has 18 heavy (non-hydrogen) atoms. The molecule has 0 radical (unpaired) electrons. The van der Waals surface area contributed by atoms with E-state index in [2.05, 4.69) is 0 Å². The SMILES string of the molecule is O=C(Cl)CC=C(c1ccccc1)c1ccccc1. The van der Waals surface area contributed by atoms with Gasteiger partial charge in [0, 0.05) is 6.42 Å². The van der Waals surface area contributed by atoms with Crippen LogP contribution in [0.15, 0.2) is 66.7 Å². The maximum atomic E-state index is 10.9. The van der Waals surface area contributed by atoms with E-state index < -0.39 is 0 Å². The second kappa shape index (κ2) is 6.18. The van der Waals surface area contributed by atoms with Crippen LogP contribution < -0.4 is 0 Å². The molecule has 1 nitrogen and oxygen atoms in total. The molecule has 2 heteroatoms. The molecule has 2 rings (SSSR count). The van der Waals surface area contributed by atoms with Crippen LogP contribution in [0.1, 0.15) is 17.5 Å². The Morgan fingerprint density at radius 1 is 0.889 bits per heavy atom. The third-order valence-corrected chi connectivity index (χ3v) is 2.79. The van der Waals surface area contributed by atoms with Gasteiger partial charge in [-0.25, -0.2) is 0 Å². The van der Waals surface area contributed by atoms with E-state index in [0.717, 1.165) is 16.7 Å². The number of benzene rings is 2. The molecule has 0 spiro atoms. The van der Waals surface area contributed by atoms with E-state index in [0.29, 0.717) is 0 Å². The van der Waals surface area contributed by atoms with Crippen molar-refractivity contribution in [3.8, 4) is 0 Å². The number of allylic oxidation sites excluding steroid dienone is 1. The van der Waals surface area contributed by atoms with Gasteiger partial charge in [-0.05, 0) is 28.3 Å². The molecule has 0 saturated heterocycles. The standard InChI is InChI=1S/C16H13ClO/c17-16(18)12-11-15(13-7-3-1-4-8-13)14-9-5-2-6-10-14/h1-11H,12H2. The molecular weight excluding hydrogens is 244 g/mol. The van der Waals surface area contributed by atoms with E-state index in [1.54, 1.807) is 0 Å². The first-order valence-electron chi connectivity index (χ1n) is 5.76. The highest BCUT2D eigenvalue weighted by molar-refractivity contribution is 6.63. The Labute approximate surface area is 112 Å². The first kappa shape index (κ1) is 12.6. The lowest BCUT2D eigenvalue weighted by molar-refractivity contribution is -0.110. The molecule has 0 atom stereocenters. The number of hydrogen-bond donors (Lipinski definition) is 0. The Balaban J connectivity index is 2.42. The van der Waals surface area contributed by atoms with Gasteiger partial charge in [0.2, 0.25) is 5.24 Å². The predicted octanol–water partition coefficient (Wildman–Crippen LogP) is 4.27. The molecule has 0 saturated carbocycles. The van der Waals surface area contributed by atoms with E-state index in [-0.39, 0.29) is 11.7 Å². The minimum Gasteiger partial charge on any atom is -0.281 e. The Bertz CT molecular complexity index is 502. The van der Waals surface area contributed by atoms with E-state index in [1.807, 2.05) is 66.7 Å². The summed E-state index contributed by atoms with van der Waals surface area (Å²) >= 11 is 5.41. The zero-order chi connectivity index (χ0) is 12.8. The van der Waals surface area contributed by atoms with Gasteiger partial charge in [-0.2, -0.15) is 0 Å². The van der Waals surface area contributed by atoms with E-state index >= 15 is 0 Å². The zero-order valence-corrected chi connectivity index (χ0v) is 10.6. The normalized spacial score (nSPS) is 9.83. The topological polar surface area (TPSA) is 17.1 Å². The smallest absolute Gasteiger partial charge is 0.225 e. The van der Waals surface area contributed by atoms with Gasteiger partial charge >= 0.3 is 0 Å². The largest absolute Gasteiger partial charge is 0.281 e. The van der Waals surface area contributed by atoms with Gasteiger partial charge in [0.15, 0.2) is 0 Å². The van der Waals surface area contributed by atoms with Crippen molar-refractivity contribution in [3.63, 3.8) is 0 Å². The molecule has 0 aromatic heterocycles. The quantitative estimate of drug-likeness (QED) is 0.747. The number of carbonyl (C=O) groups is 1. The molecule has 0 fully saturated rings. The summed E-state index contributed by atoms with van der Waals surface area (Å²) in [7, 11) is 0. The van der Waals surface area contributed by atoms with Gasteiger partial charge in [-0.15, -0.1) is 0 Å². The van der Waals surface area contributed by atoms with Crippen molar-refractivity contribution in [2.75, 3.05) is 0 Å². The Morgan fingerprint density at radius 3 is 1.72 bits per heavy atom. The molecule has 0 bridgehead atoms. The Kier molecular flexibility index (Phi) is 4.32. The van der Waals surface area contributed by atoms with Gasteiger partial charge in [-0.1, -0.05) is 66.7 Å². The van der Waals surface area contributed by atoms with Crippen molar-refractivity contribution < 1.29 is 4.79 Å². The van der Waals surface area contributed by atoms with Gasteiger partial charge in [-0.3, -0.25) is 4.79 Å². The lowest BCUT2D eigenvalue weighted by Gasteiger charge is -2.08. The second-order valence-corrected chi connectivity index (χ2v) is 4.33. The third kappa shape index (κ3) is 3.31. The molecule has 0 unspecified atom stereocenters. The van der Waals surface area contributed by atoms with Crippen LogP contribution in [0, 0.1) is 0 Å². The minimum absolute atomic E-state index is 0.237. The van der Waals surface area contributed by atoms with Crippen LogP contribution in [0.4, 0.5) is 0 Å². The highest BCUT2D eigenvalue weighted by Gasteiger charge is 2.04. The average molecular weight is 257 g/mol. The van der Waals surface area contributed by atoms with Crippen molar-refractivity contribution in [2.24, 2.45) is 0 Å². The van der Waals surface area contributed by atoms with Gasteiger partial charge < -0.3 is 0 Å². The van der Waals surface area contributed by atoms with Crippen LogP contribution in [0.5, 0.6) is 0 Å². The van der Waals surface area contributed by atoms with E-state index in [9.17, 15) is 4.79 Å². The summed E-state index contributed by atoms with van der Waals surface area (Å²) < 4.78 is 0. The number of halogens is 1. The third-order valence-electron chi connectivity index (χ3n) is 2.64. The lowest BCUT2D eigenvalue weighted by Crippen LogP contribution is -1.90. The summed E-state index contributed by atoms with van der Waals surface area (Å²) in [4.78, 5) is 10.9. The van der Waals surface area contributed by atoms with Crippen LogP contribution in [0.2, 0.25) is 0 Å². The van der Waals surface area contributed by atoms with Crippen LogP contribution in [0.3, 0.4) is 0 Å². The fourth-order valence-electron chi connectivity index (χ4n) is 1.82. The van der Waals surface area contributed by atoms with Gasteiger partial charge in [0.1, 0.15) is 0 Å². The molecule has 0 amide bonds. The highest BCUT2D eigenvalue weighted by atomic mass is 35.5. The molecule has 90 valence electrons. The summed E-state index contributed by atoms with van der Waals surface area (Å²) in [5.41, 5.74) is 3.20. The van der Waals surface area contributed by atoms with Crippen LogP contribution in [-0.2, 0) is 4.79 Å². The van der Waals surface area contributed by atoms with E-state index in [1.165, 1.54) is 0 Å². The molecular formula is C16H13ClO. The van der Waals surface area contributed by atoms with Crippen molar-refractivity contribution in [1.29, 1.82) is 0 Å². The summed E-state index contributed by atoms with van der Waals surface area (Å²) in [5, 5.41) is -0.348. The number of hydrogen-bond acceptors (Lipinski definition) is 1. The van der Waals surface area contributed by atoms with Crippen LogP contribution in [-0.4, -0.2) is 5.24 Å².